The Morgan fingerprint density at radius 2 is 0.565 bits per heavy atom. The van der Waals surface area contributed by atoms with Crippen molar-refractivity contribution >= 4 is 17.9 Å². The van der Waals surface area contributed by atoms with Gasteiger partial charge in [-0.2, -0.15) is 0 Å². The van der Waals surface area contributed by atoms with Gasteiger partial charge in [0.05, 0.1) is 0 Å². The number of hydrogen-bond donors (Lipinski definition) is 0. The number of rotatable bonds is 49. The molecule has 0 aliphatic heterocycles. The lowest BCUT2D eigenvalue weighted by Crippen LogP contribution is -2.30. The molecule has 0 fully saturated rings. The Hall–Kier alpha value is -4.19. The first kappa shape index (κ1) is 64.8. The predicted molar refractivity (Wildman–Crippen MR) is 297 cm³/mol. The summed E-state index contributed by atoms with van der Waals surface area (Å²) in [7, 11) is 0. The highest BCUT2D eigenvalue weighted by Gasteiger charge is 2.19. The number of ether oxygens (including phenoxy) is 3. The van der Waals surface area contributed by atoms with E-state index in [1.165, 1.54) is 51.4 Å². The van der Waals surface area contributed by atoms with Gasteiger partial charge in [-0.05, 0) is 135 Å². The Morgan fingerprint density at radius 1 is 0.304 bits per heavy atom. The van der Waals surface area contributed by atoms with Crippen LogP contribution in [0.4, 0.5) is 0 Å². The highest BCUT2D eigenvalue weighted by Crippen LogP contribution is 2.13. The van der Waals surface area contributed by atoms with Gasteiger partial charge < -0.3 is 14.2 Å². The monoisotopic (exact) mass is 955 g/mol. The van der Waals surface area contributed by atoms with Gasteiger partial charge in [-0.3, -0.25) is 14.4 Å². The van der Waals surface area contributed by atoms with Gasteiger partial charge in [0.15, 0.2) is 6.10 Å². The van der Waals surface area contributed by atoms with Crippen LogP contribution in [0.5, 0.6) is 0 Å². The van der Waals surface area contributed by atoms with Gasteiger partial charge in [0, 0.05) is 19.3 Å². The second kappa shape index (κ2) is 56.4. The molecule has 0 saturated heterocycles. The van der Waals surface area contributed by atoms with Gasteiger partial charge in [0.2, 0.25) is 0 Å². The number of hydrogen-bond acceptors (Lipinski definition) is 6. The standard InChI is InChI=1S/C63H102O6/c1-4-7-10-13-16-19-22-25-28-30-31-33-35-38-41-44-47-50-53-56-62(65)68-59-60(58-67-61(64)55-52-49-46-43-40-37-34-27-24-21-18-15-12-9-6-3)69-63(66)57-54-51-48-45-42-39-36-32-29-26-23-20-17-14-11-8-5-2/h7,10,16-21,25-29,31,33-34,36,38-39,41,60H,4-6,8-9,11-15,22-24,30,32,35,37,40,42-59H2,1-3H3/b10-7+,19-16+,20-17+,21-18+,28-25+,29-26+,33-31+,34-27+,39-36+,41-38+/t60-/m1/s1. The summed E-state index contributed by atoms with van der Waals surface area (Å²) < 4.78 is 16.8. The summed E-state index contributed by atoms with van der Waals surface area (Å²) in [5.74, 6) is -0.980. The molecule has 0 aliphatic rings. The molecule has 69 heavy (non-hydrogen) atoms. The fourth-order valence-corrected chi connectivity index (χ4v) is 7.21. The molecule has 0 rings (SSSR count). The zero-order chi connectivity index (χ0) is 50.0. The lowest BCUT2D eigenvalue weighted by molar-refractivity contribution is -0.167. The molecule has 0 aromatic carbocycles. The molecule has 0 unspecified atom stereocenters. The minimum Gasteiger partial charge on any atom is -0.462 e. The van der Waals surface area contributed by atoms with Crippen molar-refractivity contribution in [3.63, 3.8) is 0 Å². The molecule has 390 valence electrons. The fraction of sp³-hybridized carbons (Fsp3) is 0.635. The lowest BCUT2D eigenvalue weighted by atomic mass is 10.1. The van der Waals surface area contributed by atoms with Crippen molar-refractivity contribution in [2.24, 2.45) is 0 Å². The fourth-order valence-electron chi connectivity index (χ4n) is 7.21. The highest BCUT2D eigenvalue weighted by molar-refractivity contribution is 5.71. The topological polar surface area (TPSA) is 78.9 Å². The number of carbonyl (C=O) groups is 3. The smallest absolute Gasteiger partial charge is 0.306 e. The molecule has 0 amide bonds. The summed E-state index contributed by atoms with van der Waals surface area (Å²) in [4.78, 5) is 38.1. The Bertz CT molecular complexity index is 1470. The summed E-state index contributed by atoms with van der Waals surface area (Å²) in [5.41, 5.74) is 0. The van der Waals surface area contributed by atoms with Crippen LogP contribution in [0.1, 0.15) is 239 Å². The van der Waals surface area contributed by atoms with Crippen molar-refractivity contribution in [1.29, 1.82) is 0 Å². The van der Waals surface area contributed by atoms with Crippen molar-refractivity contribution in [3.8, 4) is 0 Å². The Labute approximate surface area is 424 Å². The van der Waals surface area contributed by atoms with E-state index >= 15 is 0 Å². The summed E-state index contributed by atoms with van der Waals surface area (Å²) in [6, 6.07) is 0. The first-order chi connectivity index (χ1) is 34.0. The molecular weight excluding hydrogens is 853 g/mol. The minimum atomic E-state index is -0.814. The summed E-state index contributed by atoms with van der Waals surface area (Å²) in [5, 5.41) is 0. The van der Waals surface area contributed by atoms with E-state index in [4.69, 9.17) is 14.2 Å². The van der Waals surface area contributed by atoms with E-state index in [2.05, 4.69) is 142 Å². The molecule has 0 bridgehead atoms. The van der Waals surface area contributed by atoms with Crippen molar-refractivity contribution in [2.75, 3.05) is 13.2 Å². The van der Waals surface area contributed by atoms with Gasteiger partial charge in [-0.15, -0.1) is 0 Å². The molecule has 1 atom stereocenters. The van der Waals surface area contributed by atoms with Gasteiger partial charge in [0.1, 0.15) is 13.2 Å². The molecular formula is C63H102O6. The number of unbranched alkanes of at least 4 members (excludes halogenated alkanes) is 18. The number of carbonyl (C=O) groups excluding carboxylic acids is 3. The van der Waals surface area contributed by atoms with Gasteiger partial charge in [0.25, 0.3) is 0 Å². The molecule has 0 aromatic rings. The van der Waals surface area contributed by atoms with Crippen LogP contribution >= 0.6 is 0 Å². The predicted octanol–water partition coefficient (Wildman–Crippen LogP) is 18.9. The van der Waals surface area contributed by atoms with Crippen molar-refractivity contribution in [2.45, 2.75) is 245 Å². The second-order valence-electron chi connectivity index (χ2n) is 18.1. The SMILES string of the molecule is CC/C=C/C/C=C/C/C=C/C/C=C/C/C=C/CCCCCC(=O)OC[C@@H](COC(=O)CCCCCCC/C=C/C/C=C/CCCCC)OC(=O)CCCCCC/C=C/C/C=C/C/C=C/CCCCC. The van der Waals surface area contributed by atoms with Crippen molar-refractivity contribution in [1.82, 2.24) is 0 Å². The van der Waals surface area contributed by atoms with Crippen molar-refractivity contribution < 1.29 is 28.6 Å². The van der Waals surface area contributed by atoms with Crippen LogP contribution in [0.2, 0.25) is 0 Å². The maximum Gasteiger partial charge on any atom is 0.306 e. The van der Waals surface area contributed by atoms with Crippen LogP contribution in [0.3, 0.4) is 0 Å². The average Bonchev–Trinajstić information content (AvgIpc) is 3.35. The average molecular weight is 956 g/mol. The largest absolute Gasteiger partial charge is 0.462 e. The second-order valence-corrected chi connectivity index (χ2v) is 18.1. The van der Waals surface area contributed by atoms with E-state index in [0.29, 0.717) is 12.8 Å². The molecule has 0 spiro atoms. The van der Waals surface area contributed by atoms with Crippen LogP contribution in [0.15, 0.2) is 122 Å². The van der Waals surface area contributed by atoms with Crippen LogP contribution in [0.25, 0.3) is 0 Å². The van der Waals surface area contributed by atoms with Gasteiger partial charge in [-0.25, -0.2) is 0 Å². The lowest BCUT2D eigenvalue weighted by Gasteiger charge is -2.18. The molecule has 0 aromatic heterocycles. The molecule has 0 N–H and O–H groups in total. The Balaban J connectivity index is 4.54. The minimum absolute atomic E-state index is 0.108. The van der Waals surface area contributed by atoms with Gasteiger partial charge >= 0.3 is 17.9 Å². The Kier molecular flexibility index (Phi) is 53.0. The highest BCUT2D eigenvalue weighted by atomic mass is 16.6. The van der Waals surface area contributed by atoms with E-state index in [9.17, 15) is 14.4 Å². The number of esters is 3. The summed E-state index contributed by atoms with van der Waals surface area (Å²) in [6.45, 7) is 6.40. The third kappa shape index (κ3) is 54.6. The molecule has 0 radical (unpaired) electrons. The molecule has 0 heterocycles. The molecule has 6 heteroatoms. The normalized spacial score (nSPS) is 13.0. The van der Waals surface area contributed by atoms with E-state index < -0.39 is 6.10 Å². The third-order valence-electron chi connectivity index (χ3n) is 11.4. The summed E-state index contributed by atoms with van der Waals surface area (Å²) >= 11 is 0. The zero-order valence-corrected chi connectivity index (χ0v) is 44.5. The first-order valence-electron chi connectivity index (χ1n) is 28.0. The summed E-state index contributed by atoms with van der Waals surface area (Å²) in [6.07, 6.45) is 77.5. The third-order valence-corrected chi connectivity index (χ3v) is 11.4. The Morgan fingerprint density at radius 3 is 0.899 bits per heavy atom. The molecule has 0 aliphatic carbocycles. The number of allylic oxidation sites excluding steroid dienone is 20. The first-order valence-corrected chi connectivity index (χ1v) is 28.0. The molecule has 6 nitrogen and oxygen atoms in total. The van der Waals surface area contributed by atoms with Crippen LogP contribution in [-0.2, 0) is 28.6 Å². The van der Waals surface area contributed by atoms with Crippen LogP contribution in [-0.4, -0.2) is 37.2 Å². The zero-order valence-electron chi connectivity index (χ0n) is 44.5. The van der Waals surface area contributed by atoms with E-state index in [1.54, 1.807) is 0 Å². The maximum absolute atomic E-state index is 12.8. The molecule has 0 saturated carbocycles. The van der Waals surface area contributed by atoms with Crippen LogP contribution < -0.4 is 0 Å². The van der Waals surface area contributed by atoms with E-state index in [-0.39, 0.29) is 37.5 Å². The van der Waals surface area contributed by atoms with Crippen molar-refractivity contribution in [3.05, 3.63) is 122 Å². The van der Waals surface area contributed by atoms with Crippen LogP contribution in [0, 0.1) is 0 Å². The van der Waals surface area contributed by atoms with Gasteiger partial charge in [-0.1, -0.05) is 206 Å². The quantitative estimate of drug-likeness (QED) is 0.0262. The van der Waals surface area contributed by atoms with E-state index in [1.807, 2.05) is 0 Å². The maximum atomic E-state index is 12.8. The van der Waals surface area contributed by atoms with E-state index in [0.717, 1.165) is 148 Å².